The molecule has 0 saturated carbocycles. The van der Waals surface area contributed by atoms with Crippen LogP contribution in [0.1, 0.15) is 26.2 Å². The second-order valence-electron chi connectivity index (χ2n) is 4.06. The summed E-state index contributed by atoms with van der Waals surface area (Å²) in [6.45, 7) is 4.92. The summed E-state index contributed by atoms with van der Waals surface area (Å²) >= 11 is 4.16. The van der Waals surface area contributed by atoms with Crippen molar-refractivity contribution in [2.45, 2.75) is 26.2 Å². The zero-order valence-corrected chi connectivity index (χ0v) is 10.3. The van der Waals surface area contributed by atoms with Crippen LogP contribution < -0.4 is 0 Å². The summed E-state index contributed by atoms with van der Waals surface area (Å²) in [4.78, 5) is 13.9. The standard InChI is InChI=1S/C11H21NO2S/c1-10(4-2-3-9-15)11(13)12-5-7-14-8-6-12/h10,15H,2-9H2,1H3. The van der Waals surface area contributed by atoms with Gasteiger partial charge in [-0.25, -0.2) is 0 Å². The van der Waals surface area contributed by atoms with Crippen molar-refractivity contribution < 1.29 is 9.53 Å². The average Bonchev–Trinajstić information content (AvgIpc) is 2.29. The second-order valence-corrected chi connectivity index (χ2v) is 4.51. The normalized spacial score (nSPS) is 18.9. The van der Waals surface area contributed by atoms with Gasteiger partial charge in [0.05, 0.1) is 13.2 Å². The van der Waals surface area contributed by atoms with E-state index in [1.54, 1.807) is 0 Å². The Balaban J connectivity index is 2.24. The number of rotatable bonds is 5. The highest BCUT2D eigenvalue weighted by Gasteiger charge is 2.21. The van der Waals surface area contributed by atoms with Gasteiger partial charge in [0, 0.05) is 19.0 Å². The second kappa shape index (κ2) is 7.12. The molecular formula is C11H21NO2S. The van der Waals surface area contributed by atoms with E-state index in [0.29, 0.717) is 13.2 Å². The fourth-order valence-corrected chi connectivity index (χ4v) is 2.00. The summed E-state index contributed by atoms with van der Waals surface area (Å²) in [6.07, 6.45) is 3.18. The molecule has 1 atom stereocenters. The summed E-state index contributed by atoms with van der Waals surface area (Å²) < 4.78 is 5.22. The van der Waals surface area contributed by atoms with Crippen molar-refractivity contribution in [3.05, 3.63) is 0 Å². The Hall–Kier alpha value is -0.220. The number of ether oxygens (including phenoxy) is 1. The van der Waals surface area contributed by atoms with Crippen molar-refractivity contribution in [3.8, 4) is 0 Å². The van der Waals surface area contributed by atoms with Crippen LogP contribution in [0.4, 0.5) is 0 Å². The van der Waals surface area contributed by atoms with Gasteiger partial charge in [-0.1, -0.05) is 13.3 Å². The van der Waals surface area contributed by atoms with Crippen LogP contribution in [0.2, 0.25) is 0 Å². The van der Waals surface area contributed by atoms with E-state index in [-0.39, 0.29) is 11.8 Å². The number of carbonyl (C=O) groups is 1. The lowest BCUT2D eigenvalue weighted by Crippen LogP contribution is -2.43. The van der Waals surface area contributed by atoms with Gasteiger partial charge in [-0.3, -0.25) is 4.79 Å². The van der Waals surface area contributed by atoms with Gasteiger partial charge in [-0.2, -0.15) is 12.6 Å². The zero-order chi connectivity index (χ0) is 11.1. The first-order chi connectivity index (χ1) is 7.25. The number of nitrogens with zero attached hydrogens (tertiary/aromatic N) is 1. The van der Waals surface area contributed by atoms with Crippen LogP contribution in [0.15, 0.2) is 0 Å². The maximum absolute atomic E-state index is 11.9. The summed E-state index contributed by atoms with van der Waals surface area (Å²) in [6, 6.07) is 0. The van der Waals surface area contributed by atoms with Crippen LogP contribution in [-0.4, -0.2) is 42.9 Å². The third kappa shape index (κ3) is 4.43. The van der Waals surface area contributed by atoms with Crippen LogP contribution in [-0.2, 0) is 9.53 Å². The summed E-state index contributed by atoms with van der Waals surface area (Å²) in [7, 11) is 0. The first-order valence-electron chi connectivity index (χ1n) is 5.73. The van der Waals surface area contributed by atoms with E-state index >= 15 is 0 Å². The van der Waals surface area contributed by atoms with E-state index in [1.807, 2.05) is 11.8 Å². The largest absolute Gasteiger partial charge is 0.378 e. The van der Waals surface area contributed by atoms with E-state index < -0.39 is 0 Å². The molecule has 15 heavy (non-hydrogen) atoms. The maximum atomic E-state index is 11.9. The third-order valence-electron chi connectivity index (χ3n) is 2.79. The van der Waals surface area contributed by atoms with Crippen LogP contribution in [0.25, 0.3) is 0 Å². The molecule has 0 spiro atoms. The Labute approximate surface area is 97.6 Å². The molecule has 3 nitrogen and oxygen atoms in total. The fourth-order valence-electron chi connectivity index (χ4n) is 1.78. The number of amides is 1. The van der Waals surface area contributed by atoms with Crippen LogP contribution in [0.5, 0.6) is 0 Å². The minimum Gasteiger partial charge on any atom is -0.378 e. The van der Waals surface area contributed by atoms with E-state index in [1.165, 1.54) is 0 Å². The Morgan fingerprint density at radius 1 is 1.40 bits per heavy atom. The van der Waals surface area contributed by atoms with Crippen molar-refractivity contribution in [2.75, 3.05) is 32.1 Å². The molecule has 0 bridgehead atoms. The highest BCUT2D eigenvalue weighted by Crippen LogP contribution is 2.12. The molecular weight excluding hydrogens is 210 g/mol. The van der Waals surface area contributed by atoms with Crippen molar-refractivity contribution >= 4 is 18.5 Å². The molecule has 1 fully saturated rings. The number of hydrogen-bond donors (Lipinski definition) is 1. The van der Waals surface area contributed by atoms with Crippen molar-refractivity contribution in [1.82, 2.24) is 4.90 Å². The summed E-state index contributed by atoms with van der Waals surface area (Å²) in [5.74, 6) is 1.36. The van der Waals surface area contributed by atoms with Gasteiger partial charge >= 0.3 is 0 Å². The molecule has 1 unspecified atom stereocenters. The molecule has 1 heterocycles. The first-order valence-corrected chi connectivity index (χ1v) is 6.36. The molecule has 0 radical (unpaired) electrons. The molecule has 1 saturated heterocycles. The fraction of sp³-hybridized carbons (Fsp3) is 0.909. The molecule has 0 aromatic heterocycles. The lowest BCUT2D eigenvalue weighted by Gasteiger charge is -2.29. The van der Waals surface area contributed by atoms with E-state index in [4.69, 9.17) is 4.74 Å². The lowest BCUT2D eigenvalue weighted by molar-refractivity contribution is -0.139. The molecule has 1 rings (SSSR count). The SMILES string of the molecule is CC(CCCCS)C(=O)N1CCOCC1. The maximum Gasteiger partial charge on any atom is 0.225 e. The molecule has 88 valence electrons. The molecule has 0 aliphatic carbocycles. The van der Waals surface area contributed by atoms with Gasteiger partial charge in [0.15, 0.2) is 0 Å². The Morgan fingerprint density at radius 3 is 2.67 bits per heavy atom. The highest BCUT2D eigenvalue weighted by molar-refractivity contribution is 7.80. The van der Waals surface area contributed by atoms with Gasteiger partial charge in [0.1, 0.15) is 0 Å². The monoisotopic (exact) mass is 231 g/mol. The molecule has 0 aromatic rings. The Bertz CT molecular complexity index is 193. The van der Waals surface area contributed by atoms with Crippen LogP contribution >= 0.6 is 12.6 Å². The van der Waals surface area contributed by atoms with Gasteiger partial charge in [-0.15, -0.1) is 0 Å². The van der Waals surface area contributed by atoms with E-state index in [9.17, 15) is 4.79 Å². The number of hydrogen-bond acceptors (Lipinski definition) is 3. The molecule has 0 aromatic carbocycles. The smallest absolute Gasteiger partial charge is 0.225 e. The minimum atomic E-state index is 0.156. The Kier molecular flexibility index (Phi) is 6.10. The lowest BCUT2D eigenvalue weighted by atomic mass is 10.0. The summed E-state index contributed by atoms with van der Waals surface area (Å²) in [5.41, 5.74) is 0. The highest BCUT2D eigenvalue weighted by atomic mass is 32.1. The van der Waals surface area contributed by atoms with Crippen molar-refractivity contribution in [1.29, 1.82) is 0 Å². The molecule has 1 aliphatic rings. The van der Waals surface area contributed by atoms with Gasteiger partial charge in [0.25, 0.3) is 0 Å². The molecule has 1 aliphatic heterocycles. The number of carbonyl (C=O) groups excluding carboxylic acids is 1. The zero-order valence-electron chi connectivity index (χ0n) is 9.45. The average molecular weight is 231 g/mol. The molecule has 1 amide bonds. The predicted octanol–water partition coefficient (Wildman–Crippen LogP) is 1.58. The predicted molar refractivity (Wildman–Crippen MR) is 64.3 cm³/mol. The van der Waals surface area contributed by atoms with Gasteiger partial charge in [0.2, 0.25) is 5.91 Å². The van der Waals surface area contributed by atoms with E-state index in [0.717, 1.165) is 38.1 Å². The third-order valence-corrected chi connectivity index (χ3v) is 3.11. The first kappa shape index (κ1) is 12.8. The summed E-state index contributed by atoms with van der Waals surface area (Å²) in [5, 5.41) is 0. The molecule has 0 N–H and O–H groups in total. The van der Waals surface area contributed by atoms with Crippen LogP contribution in [0, 0.1) is 5.92 Å². The molecule has 4 heteroatoms. The van der Waals surface area contributed by atoms with E-state index in [2.05, 4.69) is 12.6 Å². The number of unbranched alkanes of at least 4 members (excludes halogenated alkanes) is 1. The minimum absolute atomic E-state index is 0.156. The number of thiol groups is 1. The van der Waals surface area contributed by atoms with Gasteiger partial charge in [-0.05, 0) is 18.6 Å². The number of morpholine rings is 1. The van der Waals surface area contributed by atoms with Crippen molar-refractivity contribution in [3.63, 3.8) is 0 Å². The topological polar surface area (TPSA) is 29.5 Å². The van der Waals surface area contributed by atoms with Crippen molar-refractivity contribution in [2.24, 2.45) is 5.92 Å². The van der Waals surface area contributed by atoms with Crippen LogP contribution in [0.3, 0.4) is 0 Å². The van der Waals surface area contributed by atoms with Gasteiger partial charge < -0.3 is 9.64 Å². The Morgan fingerprint density at radius 2 is 2.07 bits per heavy atom. The quantitative estimate of drug-likeness (QED) is 0.575.